The first-order chi connectivity index (χ1) is 28.7. The molecule has 0 bridgehead atoms. The predicted octanol–water partition coefficient (Wildman–Crippen LogP) is 9.65. The number of rotatable bonds is 16. The van der Waals surface area contributed by atoms with Crippen molar-refractivity contribution in [1.29, 1.82) is 0 Å². The molecule has 0 saturated heterocycles. The Labute approximate surface area is 337 Å². The Kier molecular flexibility index (Phi) is 12.1. The van der Waals surface area contributed by atoms with Crippen LogP contribution in [0.2, 0.25) is 0 Å². The van der Waals surface area contributed by atoms with Gasteiger partial charge >= 0.3 is 0 Å². The van der Waals surface area contributed by atoms with Crippen LogP contribution in [0.1, 0.15) is 34.2 Å². The van der Waals surface area contributed by atoms with Crippen LogP contribution in [0, 0.1) is 0 Å². The lowest BCUT2D eigenvalue weighted by molar-refractivity contribution is 0.214. The third kappa shape index (κ3) is 9.57. The molecule has 0 amide bonds. The van der Waals surface area contributed by atoms with Crippen LogP contribution in [0.5, 0.6) is 17.2 Å². The van der Waals surface area contributed by atoms with Crippen molar-refractivity contribution < 1.29 is 28.1 Å². The molecule has 1 aliphatic rings. The Morgan fingerprint density at radius 1 is 0.466 bits per heavy atom. The second-order valence-corrected chi connectivity index (χ2v) is 13.7. The number of benzene rings is 6. The Morgan fingerprint density at radius 2 is 0.914 bits per heavy atom. The van der Waals surface area contributed by atoms with E-state index in [0.29, 0.717) is 60.2 Å². The molecule has 1 aliphatic carbocycles. The molecule has 0 aliphatic heterocycles. The van der Waals surface area contributed by atoms with Crippen molar-refractivity contribution >= 4 is 11.8 Å². The van der Waals surface area contributed by atoms with Crippen molar-refractivity contribution in [2.45, 2.75) is 39.5 Å². The van der Waals surface area contributed by atoms with E-state index in [4.69, 9.17) is 28.1 Å². The monoisotopic (exact) mass is 766 g/mol. The van der Waals surface area contributed by atoms with Crippen molar-refractivity contribution in [1.82, 2.24) is 0 Å². The molecule has 0 fully saturated rings. The largest absolute Gasteiger partial charge is 0.492 e. The molecule has 288 valence electrons. The average Bonchev–Trinajstić information content (AvgIpc) is 3.46. The van der Waals surface area contributed by atoms with Gasteiger partial charge in [-0.05, 0) is 52.1 Å². The maximum atomic E-state index is 15.0. The summed E-state index contributed by atoms with van der Waals surface area (Å²) in [5.74, 6) is 2.32. The van der Waals surface area contributed by atoms with Gasteiger partial charge in [0.05, 0.1) is 0 Å². The van der Waals surface area contributed by atoms with Crippen LogP contribution in [0.4, 0.5) is 0 Å². The highest BCUT2D eigenvalue weighted by Gasteiger charge is 2.23. The van der Waals surface area contributed by atoms with E-state index in [2.05, 4.69) is 0 Å². The van der Waals surface area contributed by atoms with Gasteiger partial charge in [-0.25, -0.2) is 0 Å². The molecule has 7 nitrogen and oxygen atoms in total. The average molecular weight is 767 g/mol. The van der Waals surface area contributed by atoms with Crippen molar-refractivity contribution in [2.75, 3.05) is 0 Å². The molecule has 7 heteroatoms. The third-order valence-electron chi connectivity index (χ3n) is 9.55. The Balaban J connectivity index is 1.25. The van der Waals surface area contributed by atoms with Gasteiger partial charge in [0, 0.05) is 18.1 Å². The second-order valence-electron chi connectivity index (χ2n) is 13.7. The maximum Gasteiger partial charge on any atom is 0.238 e. The molecule has 8 rings (SSSR count). The number of hydrogen-bond acceptors (Lipinski definition) is 7. The van der Waals surface area contributed by atoms with Crippen molar-refractivity contribution in [3.63, 3.8) is 0 Å². The minimum Gasteiger partial charge on any atom is -0.492 e. The third-order valence-corrected chi connectivity index (χ3v) is 9.55. The fourth-order valence-corrected chi connectivity index (χ4v) is 6.51. The highest BCUT2D eigenvalue weighted by atomic mass is 16.5. The standard InChI is InChI=1S/C51H42O7/c52-49-48-45(55-34-39-20-10-3-11-21-39)29-27-43(53-32-37-16-6-1-7-17-37)31-47(48)58-50(51(49)57-36-41-24-14-5-15-25-41)42-26-28-44(54-33-38-18-8-2-9-19-38)46(30-42)56-35-40-22-12-4-13-23-40/h1-28,30-31H,29,32-36H2. The molecule has 6 aromatic carbocycles. The summed E-state index contributed by atoms with van der Waals surface area (Å²) in [5, 5.41) is 0.278. The lowest BCUT2D eigenvalue weighted by Gasteiger charge is -2.16. The highest BCUT2D eigenvalue weighted by molar-refractivity contribution is 5.69. The van der Waals surface area contributed by atoms with Gasteiger partial charge < -0.3 is 28.1 Å². The Morgan fingerprint density at radius 3 is 1.43 bits per heavy atom. The van der Waals surface area contributed by atoms with E-state index in [1.165, 1.54) is 0 Å². The molecular formula is C51H42O7. The van der Waals surface area contributed by atoms with Crippen LogP contribution in [-0.2, 0) is 42.5 Å². The van der Waals surface area contributed by atoms with E-state index < -0.39 is 0 Å². The smallest absolute Gasteiger partial charge is 0.238 e. The fourth-order valence-electron chi connectivity index (χ4n) is 6.51. The zero-order valence-electron chi connectivity index (χ0n) is 31.9. The summed E-state index contributed by atoms with van der Waals surface area (Å²) in [6.07, 6.45) is 3.97. The molecule has 7 aromatic rings. The van der Waals surface area contributed by atoms with Gasteiger partial charge in [0.1, 0.15) is 55.2 Å². The quantitative estimate of drug-likeness (QED) is 0.0970. The van der Waals surface area contributed by atoms with Crippen LogP contribution in [0.3, 0.4) is 0 Å². The summed E-state index contributed by atoms with van der Waals surface area (Å²) in [6.45, 7) is 1.38. The van der Waals surface area contributed by atoms with E-state index in [-0.39, 0.29) is 35.4 Å². The molecule has 1 heterocycles. The zero-order chi connectivity index (χ0) is 39.4. The van der Waals surface area contributed by atoms with Gasteiger partial charge in [0.25, 0.3) is 0 Å². The predicted molar refractivity (Wildman–Crippen MR) is 225 cm³/mol. The molecule has 58 heavy (non-hydrogen) atoms. The van der Waals surface area contributed by atoms with E-state index in [1.54, 1.807) is 6.08 Å². The van der Waals surface area contributed by atoms with Crippen LogP contribution in [0.15, 0.2) is 191 Å². The van der Waals surface area contributed by atoms with Gasteiger partial charge in [-0.15, -0.1) is 0 Å². The van der Waals surface area contributed by atoms with Gasteiger partial charge in [-0.1, -0.05) is 152 Å². The number of hydrogen-bond donors (Lipinski definition) is 0. The van der Waals surface area contributed by atoms with Crippen molar-refractivity contribution in [3.8, 4) is 28.6 Å². The number of allylic oxidation sites excluding steroid dienone is 1. The minimum absolute atomic E-state index is 0.0532. The summed E-state index contributed by atoms with van der Waals surface area (Å²) in [6, 6.07) is 54.9. The number of ether oxygens (including phenoxy) is 5. The first-order valence-electron chi connectivity index (χ1n) is 19.3. The summed E-state index contributed by atoms with van der Waals surface area (Å²) in [5.41, 5.74) is 5.39. The first kappa shape index (κ1) is 37.7. The van der Waals surface area contributed by atoms with Crippen molar-refractivity contribution in [2.24, 2.45) is 0 Å². The van der Waals surface area contributed by atoms with E-state index in [1.807, 2.05) is 176 Å². The van der Waals surface area contributed by atoms with Crippen LogP contribution in [0.25, 0.3) is 23.2 Å². The molecule has 0 unspecified atom stereocenters. The van der Waals surface area contributed by atoms with Gasteiger partial charge in [-0.3, -0.25) is 4.79 Å². The summed E-state index contributed by atoms with van der Waals surface area (Å²) in [4.78, 5) is 15.0. The molecule has 0 radical (unpaired) electrons. The summed E-state index contributed by atoms with van der Waals surface area (Å²) >= 11 is 0. The molecular weight excluding hydrogens is 725 g/mol. The van der Waals surface area contributed by atoms with E-state index in [9.17, 15) is 4.79 Å². The zero-order valence-corrected chi connectivity index (χ0v) is 31.9. The summed E-state index contributed by atoms with van der Waals surface area (Å²) < 4.78 is 38.8. The first-order valence-corrected chi connectivity index (χ1v) is 19.3. The van der Waals surface area contributed by atoms with Crippen LogP contribution >= 0.6 is 0 Å². The van der Waals surface area contributed by atoms with Crippen LogP contribution in [-0.4, -0.2) is 0 Å². The number of fused-ring (bicyclic) bond motifs is 1. The maximum absolute atomic E-state index is 15.0. The fraction of sp³-hybridized carbons (Fsp3) is 0.118. The Hall–Kier alpha value is -7.25. The Bertz CT molecular complexity index is 2640. The normalized spacial score (nSPS) is 12.0. The summed E-state index contributed by atoms with van der Waals surface area (Å²) in [7, 11) is 0. The SMILES string of the molecule is O=c1c(OCc2ccccc2)c(-c2ccc(OCc3ccccc3)c(OCc3ccccc3)c2)oc2c1=C(OCc1ccccc1)CC=C(OCc1ccccc1)C=2. The lowest BCUT2D eigenvalue weighted by atomic mass is 10.1. The highest BCUT2D eigenvalue weighted by Crippen LogP contribution is 2.36. The topological polar surface area (TPSA) is 76.4 Å². The molecule has 0 spiro atoms. The second kappa shape index (κ2) is 18.6. The minimum atomic E-state index is -0.361. The lowest BCUT2D eigenvalue weighted by Crippen LogP contribution is -2.42. The van der Waals surface area contributed by atoms with E-state index in [0.717, 1.165) is 27.8 Å². The molecule has 1 aromatic heterocycles. The molecule has 0 N–H and O–H groups in total. The van der Waals surface area contributed by atoms with E-state index >= 15 is 0 Å². The van der Waals surface area contributed by atoms with Gasteiger partial charge in [0.15, 0.2) is 17.3 Å². The molecule has 0 saturated carbocycles. The molecule has 0 atom stereocenters. The van der Waals surface area contributed by atoms with Crippen molar-refractivity contribution in [3.05, 3.63) is 230 Å². The van der Waals surface area contributed by atoms with Gasteiger partial charge in [0.2, 0.25) is 11.2 Å². The van der Waals surface area contributed by atoms with Crippen LogP contribution < -0.4 is 30.3 Å². The van der Waals surface area contributed by atoms with Gasteiger partial charge in [-0.2, -0.15) is 0 Å².